The molecule has 2 aliphatic rings. The molecule has 3 aromatic heterocycles. The van der Waals surface area contributed by atoms with Crippen molar-refractivity contribution in [2.75, 3.05) is 18.0 Å². The summed E-state index contributed by atoms with van der Waals surface area (Å²) in [6, 6.07) is 4.52. The van der Waals surface area contributed by atoms with E-state index in [2.05, 4.69) is 43.7 Å². The summed E-state index contributed by atoms with van der Waals surface area (Å²) in [4.78, 5) is 3.40. The van der Waals surface area contributed by atoms with Gasteiger partial charge in [-0.05, 0) is 50.0 Å². The third-order valence-electron chi connectivity index (χ3n) is 5.43. The molecule has 1 atom stereocenters. The standard InChI is InChI=1S/C19H24N6OS2/c1-12-7-9-24(10-8-12)18-22-23-19(25(18)14-5-6-14)28-13(2)16-20-21-17(26-16)15-4-3-11-27-15/h3-4,11-14H,5-10H2,1-2H3. The summed E-state index contributed by atoms with van der Waals surface area (Å²) in [6.07, 6.45) is 4.87. The van der Waals surface area contributed by atoms with Gasteiger partial charge in [-0.15, -0.1) is 31.7 Å². The van der Waals surface area contributed by atoms with E-state index in [0.29, 0.717) is 17.8 Å². The Bertz CT molecular complexity index is 924. The molecule has 2 fully saturated rings. The van der Waals surface area contributed by atoms with Crippen LogP contribution in [0, 0.1) is 5.92 Å². The second-order valence-electron chi connectivity index (χ2n) is 7.74. The zero-order valence-electron chi connectivity index (χ0n) is 16.1. The maximum absolute atomic E-state index is 5.91. The Balaban J connectivity index is 1.35. The number of nitrogens with zero attached hydrogens (tertiary/aromatic N) is 6. The molecule has 7 nitrogen and oxygen atoms in total. The van der Waals surface area contributed by atoms with E-state index in [-0.39, 0.29) is 5.25 Å². The van der Waals surface area contributed by atoms with Gasteiger partial charge in [-0.2, -0.15) is 0 Å². The minimum absolute atomic E-state index is 0.0251. The van der Waals surface area contributed by atoms with Gasteiger partial charge in [0.05, 0.1) is 10.1 Å². The maximum atomic E-state index is 5.91. The zero-order valence-corrected chi connectivity index (χ0v) is 17.7. The van der Waals surface area contributed by atoms with Crippen LogP contribution in [-0.2, 0) is 0 Å². The van der Waals surface area contributed by atoms with E-state index in [1.54, 1.807) is 23.1 Å². The van der Waals surface area contributed by atoms with Crippen molar-refractivity contribution in [1.82, 2.24) is 25.0 Å². The van der Waals surface area contributed by atoms with Crippen LogP contribution in [0.25, 0.3) is 10.8 Å². The van der Waals surface area contributed by atoms with Gasteiger partial charge in [-0.3, -0.25) is 4.57 Å². The van der Waals surface area contributed by atoms with E-state index in [0.717, 1.165) is 35.0 Å². The van der Waals surface area contributed by atoms with Crippen molar-refractivity contribution in [1.29, 1.82) is 0 Å². The van der Waals surface area contributed by atoms with Crippen LogP contribution in [0.15, 0.2) is 27.1 Å². The fourth-order valence-electron chi connectivity index (χ4n) is 3.53. The van der Waals surface area contributed by atoms with Crippen LogP contribution in [0.2, 0.25) is 0 Å². The summed E-state index contributed by atoms with van der Waals surface area (Å²) in [5, 5.41) is 20.6. The lowest BCUT2D eigenvalue weighted by molar-refractivity contribution is 0.429. The average molecular weight is 417 g/mol. The fourth-order valence-corrected chi connectivity index (χ4v) is 5.12. The second-order valence-corrected chi connectivity index (χ2v) is 9.99. The molecule has 0 aromatic carbocycles. The molecule has 3 aromatic rings. The summed E-state index contributed by atoms with van der Waals surface area (Å²) in [5.74, 6) is 3.06. The minimum Gasteiger partial charge on any atom is -0.419 e. The van der Waals surface area contributed by atoms with Gasteiger partial charge >= 0.3 is 0 Å². The fraction of sp³-hybridized carbons (Fsp3) is 0.579. The number of anilines is 1. The van der Waals surface area contributed by atoms with Crippen LogP contribution in [0.4, 0.5) is 5.95 Å². The predicted octanol–water partition coefficient (Wildman–Crippen LogP) is 4.81. The Morgan fingerprint density at radius 2 is 1.96 bits per heavy atom. The van der Waals surface area contributed by atoms with Gasteiger partial charge < -0.3 is 9.32 Å². The van der Waals surface area contributed by atoms with Crippen LogP contribution in [-0.4, -0.2) is 38.1 Å². The van der Waals surface area contributed by atoms with Crippen molar-refractivity contribution in [3.63, 3.8) is 0 Å². The number of thioether (sulfide) groups is 1. The molecule has 1 saturated heterocycles. The summed E-state index contributed by atoms with van der Waals surface area (Å²) < 4.78 is 8.25. The van der Waals surface area contributed by atoms with Gasteiger partial charge in [0, 0.05) is 19.1 Å². The quantitative estimate of drug-likeness (QED) is 0.534. The molecule has 1 aliphatic heterocycles. The number of piperidine rings is 1. The normalized spacial score (nSPS) is 19.3. The van der Waals surface area contributed by atoms with Crippen molar-refractivity contribution in [2.24, 2.45) is 5.92 Å². The SMILES string of the molecule is CC1CCN(c2nnc(SC(C)c3nnc(-c4cccs4)o3)n2C2CC2)CC1. The maximum Gasteiger partial charge on any atom is 0.257 e. The number of thiophene rings is 1. The van der Waals surface area contributed by atoms with E-state index in [4.69, 9.17) is 4.42 Å². The Morgan fingerprint density at radius 3 is 2.68 bits per heavy atom. The molecule has 1 aliphatic carbocycles. The summed E-state index contributed by atoms with van der Waals surface area (Å²) in [6.45, 7) is 6.56. The number of rotatable bonds is 6. The molecule has 0 N–H and O–H groups in total. The van der Waals surface area contributed by atoms with Gasteiger partial charge in [0.2, 0.25) is 11.8 Å². The average Bonchev–Trinajstić information content (AvgIpc) is 3.12. The van der Waals surface area contributed by atoms with E-state index >= 15 is 0 Å². The molecule has 1 unspecified atom stereocenters. The van der Waals surface area contributed by atoms with Crippen LogP contribution in [0.3, 0.4) is 0 Å². The Labute approximate surface area is 172 Å². The smallest absolute Gasteiger partial charge is 0.257 e. The number of hydrogen-bond acceptors (Lipinski definition) is 8. The highest BCUT2D eigenvalue weighted by Gasteiger charge is 2.33. The van der Waals surface area contributed by atoms with E-state index in [1.807, 2.05) is 17.5 Å². The Kier molecular flexibility index (Phi) is 4.88. The zero-order chi connectivity index (χ0) is 19.1. The van der Waals surface area contributed by atoms with Crippen molar-refractivity contribution in [2.45, 2.75) is 56.0 Å². The largest absolute Gasteiger partial charge is 0.419 e. The molecule has 0 radical (unpaired) electrons. The number of aromatic nitrogens is 5. The van der Waals surface area contributed by atoms with Crippen molar-refractivity contribution in [3.8, 4) is 10.8 Å². The van der Waals surface area contributed by atoms with E-state index in [9.17, 15) is 0 Å². The molecular weight excluding hydrogens is 392 g/mol. The first-order valence-corrected chi connectivity index (χ1v) is 11.7. The lowest BCUT2D eigenvalue weighted by atomic mass is 10.00. The highest BCUT2D eigenvalue weighted by Crippen LogP contribution is 2.44. The molecule has 9 heteroatoms. The molecule has 4 heterocycles. The lowest BCUT2D eigenvalue weighted by Crippen LogP contribution is -2.34. The second kappa shape index (κ2) is 7.51. The first kappa shape index (κ1) is 18.2. The van der Waals surface area contributed by atoms with E-state index in [1.165, 1.54) is 25.7 Å². The van der Waals surface area contributed by atoms with Crippen LogP contribution in [0.5, 0.6) is 0 Å². The third-order valence-corrected chi connectivity index (χ3v) is 7.33. The monoisotopic (exact) mass is 416 g/mol. The van der Waals surface area contributed by atoms with Crippen LogP contribution >= 0.6 is 23.1 Å². The molecule has 1 saturated carbocycles. The molecule has 0 spiro atoms. The molecule has 0 amide bonds. The molecule has 0 bridgehead atoms. The Morgan fingerprint density at radius 1 is 1.14 bits per heavy atom. The molecular formula is C19H24N6OS2. The molecule has 5 rings (SSSR count). The van der Waals surface area contributed by atoms with Gasteiger partial charge in [0.25, 0.3) is 5.89 Å². The minimum atomic E-state index is 0.0251. The van der Waals surface area contributed by atoms with Crippen molar-refractivity contribution < 1.29 is 4.42 Å². The van der Waals surface area contributed by atoms with Crippen LogP contribution in [0.1, 0.15) is 56.7 Å². The Hall–Kier alpha value is -1.87. The van der Waals surface area contributed by atoms with Crippen molar-refractivity contribution >= 4 is 29.0 Å². The van der Waals surface area contributed by atoms with E-state index < -0.39 is 0 Å². The highest BCUT2D eigenvalue weighted by molar-refractivity contribution is 7.99. The van der Waals surface area contributed by atoms with Gasteiger partial charge in [-0.1, -0.05) is 24.8 Å². The van der Waals surface area contributed by atoms with Gasteiger partial charge in [0.15, 0.2) is 5.16 Å². The van der Waals surface area contributed by atoms with Gasteiger partial charge in [0.1, 0.15) is 0 Å². The number of hydrogen-bond donors (Lipinski definition) is 0. The highest BCUT2D eigenvalue weighted by atomic mass is 32.2. The summed E-state index contributed by atoms with van der Waals surface area (Å²) in [5.41, 5.74) is 0. The third kappa shape index (κ3) is 3.57. The lowest BCUT2D eigenvalue weighted by Gasteiger charge is -2.31. The first-order chi connectivity index (χ1) is 13.7. The molecule has 28 heavy (non-hydrogen) atoms. The van der Waals surface area contributed by atoms with Crippen molar-refractivity contribution in [3.05, 3.63) is 23.4 Å². The summed E-state index contributed by atoms with van der Waals surface area (Å²) >= 11 is 3.26. The predicted molar refractivity (Wildman–Crippen MR) is 111 cm³/mol. The van der Waals surface area contributed by atoms with Crippen LogP contribution < -0.4 is 4.90 Å². The van der Waals surface area contributed by atoms with Gasteiger partial charge in [-0.25, -0.2) is 0 Å². The molecule has 148 valence electrons. The first-order valence-electron chi connectivity index (χ1n) is 9.93. The summed E-state index contributed by atoms with van der Waals surface area (Å²) in [7, 11) is 0. The topological polar surface area (TPSA) is 72.9 Å².